The van der Waals surface area contributed by atoms with Crippen LogP contribution in [0.1, 0.15) is 62.4 Å². The van der Waals surface area contributed by atoms with Crippen LogP contribution in [0, 0.1) is 5.92 Å². The number of fused-ring (bicyclic) bond motifs is 1. The summed E-state index contributed by atoms with van der Waals surface area (Å²) in [5, 5.41) is 0. The number of Topliss-reactive ketones (excluding diaryl/α,β-unsaturated/α-hetero) is 1. The van der Waals surface area contributed by atoms with Crippen molar-refractivity contribution >= 4 is 28.1 Å². The van der Waals surface area contributed by atoms with Gasteiger partial charge in [0.25, 0.3) is 0 Å². The Hall–Kier alpha value is -1.36. The minimum Gasteiger partial charge on any atom is -0.397 e. The van der Waals surface area contributed by atoms with E-state index >= 15 is 0 Å². The molecule has 4 nitrogen and oxygen atoms in total. The summed E-state index contributed by atoms with van der Waals surface area (Å²) in [5.41, 5.74) is 9.46. The first-order chi connectivity index (χ1) is 10.9. The Bertz CT molecular complexity index is 599. The predicted molar refractivity (Wildman–Crippen MR) is 98.2 cm³/mol. The molecule has 0 amide bonds. The summed E-state index contributed by atoms with van der Waals surface area (Å²) in [6.07, 6.45) is 4.32. The highest BCUT2D eigenvalue weighted by atomic mass is 32.2. The Kier molecular flexibility index (Phi) is 6.22. The molecule has 0 saturated carbocycles. The van der Waals surface area contributed by atoms with Gasteiger partial charge in [-0.3, -0.25) is 9.10 Å². The van der Waals surface area contributed by atoms with E-state index in [1.165, 1.54) is 0 Å². The van der Waals surface area contributed by atoms with Gasteiger partial charge in [-0.15, -0.1) is 0 Å². The zero-order valence-electron chi connectivity index (χ0n) is 14.4. The van der Waals surface area contributed by atoms with Crippen molar-refractivity contribution in [3.05, 3.63) is 23.3 Å². The maximum Gasteiger partial charge on any atom is 0.162 e. The first-order valence-corrected chi connectivity index (χ1v) is 9.83. The lowest BCUT2D eigenvalue weighted by atomic mass is 9.96. The average molecular weight is 337 g/mol. The van der Waals surface area contributed by atoms with Crippen molar-refractivity contribution in [2.24, 2.45) is 5.92 Å². The summed E-state index contributed by atoms with van der Waals surface area (Å²) in [4.78, 5) is 12.3. The molecule has 128 valence electrons. The first kappa shape index (κ1) is 18.0. The number of carbonyl (C=O) groups is 1. The number of carbonyl (C=O) groups excluding carboxylic acids is 1. The molecule has 2 rings (SSSR count). The van der Waals surface area contributed by atoms with E-state index in [0.717, 1.165) is 43.5 Å². The second kappa shape index (κ2) is 7.95. The Labute approximate surface area is 142 Å². The molecule has 0 fully saturated rings. The fourth-order valence-corrected chi connectivity index (χ4v) is 4.47. The quantitative estimate of drug-likeness (QED) is 0.610. The van der Waals surface area contributed by atoms with E-state index < -0.39 is 11.0 Å². The lowest BCUT2D eigenvalue weighted by molar-refractivity contribution is 0.0979. The number of nitrogens with two attached hydrogens (primary N) is 1. The van der Waals surface area contributed by atoms with Crippen molar-refractivity contribution < 1.29 is 9.00 Å². The third-order valence-electron chi connectivity index (χ3n) is 4.08. The van der Waals surface area contributed by atoms with Gasteiger partial charge >= 0.3 is 0 Å². The zero-order valence-corrected chi connectivity index (χ0v) is 15.2. The number of nitrogens with zero attached hydrogens (tertiary/aromatic N) is 1. The molecule has 0 saturated heterocycles. The molecular formula is C18H28N2O2S. The van der Waals surface area contributed by atoms with Crippen molar-refractivity contribution in [2.75, 3.05) is 22.3 Å². The molecule has 1 unspecified atom stereocenters. The maximum absolute atomic E-state index is 12.6. The zero-order chi connectivity index (χ0) is 17.0. The van der Waals surface area contributed by atoms with Crippen molar-refractivity contribution in [3.8, 4) is 0 Å². The molecule has 0 radical (unpaired) electrons. The molecule has 5 heteroatoms. The summed E-state index contributed by atoms with van der Waals surface area (Å²) in [7, 11) is -1.06. The monoisotopic (exact) mass is 336 g/mol. The molecule has 1 heterocycles. The van der Waals surface area contributed by atoms with Crippen molar-refractivity contribution in [3.63, 3.8) is 0 Å². The molecule has 1 aromatic carbocycles. The van der Waals surface area contributed by atoms with Gasteiger partial charge in [0, 0.05) is 24.3 Å². The molecule has 0 aromatic heterocycles. The van der Waals surface area contributed by atoms with Gasteiger partial charge in [0.2, 0.25) is 0 Å². The molecule has 1 aromatic rings. The molecule has 2 N–H and O–H groups in total. The number of rotatable bonds is 7. The van der Waals surface area contributed by atoms with E-state index in [0.29, 0.717) is 29.3 Å². The summed E-state index contributed by atoms with van der Waals surface area (Å²) in [5.74, 6) is 1.16. The van der Waals surface area contributed by atoms with E-state index in [-0.39, 0.29) is 5.78 Å². The van der Waals surface area contributed by atoms with Crippen LogP contribution in [0.4, 0.5) is 11.4 Å². The summed E-state index contributed by atoms with van der Waals surface area (Å²) in [6.45, 7) is 6.99. The van der Waals surface area contributed by atoms with Crippen LogP contribution in [0.25, 0.3) is 0 Å². The minimum atomic E-state index is -1.06. The highest BCUT2D eigenvalue weighted by Crippen LogP contribution is 2.35. The second-order valence-electron chi connectivity index (χ2n) is 6.69. The molecule has 1 aliphatic rings. The fourth-order valence-electron chi connectivity index (χ4n) is 2.96. The van der Waals surface area contributed by atoms with Gasteiger partial charge in [-0.05, 0) is 42.9 Å². The largest absolute Gasteiger partial charge is 0.397 e. The summed E-state index contributed by atoms with van der Waals surface area (Å²) >= 11 is 0. The number of hydrogen-bond acceptors (Lipinski definition) is 3. The van der Waals surface area contributed by atoms with Gasteiger partial charge in [0.15, 0.2) is 5.78 Å². The molecule has 1 atom stereocenters. The van der Waals surface area contributed by atoms with Gasteiger partial charge in [-0.25, -0.2) is 4.21 Å². The van der Waals surface area contributed by atoms with Gasteiger partial charge in [0.05, 0.1) is 11.4 Å². The summed E-state index contributed by atoms with van der Waals surface area (Å²) < 4.78 is 14.5. The highest BCUT2D eigenvalue weighted by Gasteiger charge is 2.25. The van der Waals surface area contributed by atoms with Gasteiger partial charge in [-0.1, -0.05) is 27.2 Å². The van der Waals surface area contributed by atoms with Crippen LogP contribution in [-0.4, -0.2) is 22.3 Å². The van der Waals surface area contributed by atoms with E-state index in [9.17, 15) is 9.00 Å². The molecule has 23 heavy (non-hydrogen) atoms. The number of aryl methyl sites for hydroxylation is 1. The Balaban J connectivity index is 2.30. The number of benzene rings is 1. The standard InChI is InChI=1S/C18H28N2O2S/c1-4-5-8-17(21)15-10-14-7-6-9-20(18(14)16(19)11-15)23(22)12-13(2)3/h10-11,13H,4-9,12,19H2,1-3H3. The molecule has 1 aliphatic heterocycles. The van der Waals surface area contributed by atoms with Gasteiger partial charge in [0.1, 0.15) is 11.0 Å². The van der Waals surface area contributed by atoms with Crippen molar-refractivity contribution in [1.29, 1.82) is 0 Å². The van der Waals surface area contributed by atoms with E-state index in [4.69, 9.17) is 5.73 Å². The van der Waals surface area contributed by atoms with Crippen molar-refractivity contribution in [1.82, 2.24) is 0 Å². The Morgan fingerprint density at radius 1 is 1.39 bits per heavy atom. The SMILES string of the molecule is CCCCC(=O)c1cc(N)c2c(c1)CCCN2S(=O)CC(C)C. The highest BCUT2D eigenvalue weighted by molar-refractivity contribution is 7.86. The number of unbranched alkanes of at least 4 members (excludes halogenated alkanes) is 1. The van der Waals surface area contributed by atoms with Crippen LogP contribution in [0.15, 0.2) is 12.1 Å². The first-order valence-electron chi connectivity index (χ1n) is 8.55. The fraction of sp³-hybridized carbons (Fsp3) is 0.611. The lowest BCUT2D eigenvalue weighted by Crippen LogP contribution is -2.34. The molecule has 0 spiro atoms. The molecule has 0 aliphatic carbocycles. The van der Waals surface area contributed by atoms with Crippen LogP contribution >= 0.6 is 0 Å². The second-order valence-corrected chi connectivity index (χ2v) is 8.10. The van der Waals surface area contributed by atoms with Crippen molar-refractivity contribution in [2.45, 2.75) is 52.9 Å². The number of hydrogen-bond donors (Lipinski definition) is 1. The summed E-state index contributed by atoms with van der Waals surface area (Å²) in [6, 6.07) is 3.73. The van der Waals surface area contributed by atoms with E-state index in [1.807, 2.05) is 10.4 Å². The molecular weight excluding hydrogens is 308 g/mol. The van der Waals surface area contributed by atoms with Crippen LogP contribution in [-0.2, 0) is 17.4 Å². The normalized spacial score (nSPS) is 15.6. The Morgan fingerprint density at radius 3 is 2.78 bits per heavy atom. The maximum atomic E-state index is 12.6. The topological polar surface area (TPSA) is 63.4 Å². The number of anilines is 2. The van der Waals surface area contributed by atoms with Gasteiger partial charge in [-0.2, -0.15) is 0 Å². The minimum absolute atomic E-state index is 0.154. The van der Waals surface area contributed by atoms with Crippen LogP contribution in [0.5, 0.6) is 0 Å². The third kappa shape index (κ3) is 4.34. The lowest BCUT2D eigenvalue weighted by Gasteiger charge is -2.32. The average Bonchev–Trinajstić information content (AvgIpc) is 2.51. The third-order valence-corrected chi connectivity index (χ3v) is 5.88. The molecule has 0 bridgehead atoms. The predicted octanol–water partition coefficient (Wildman–Crippen LogP) is 3.71. The number of nitrogen functional groups attached to an aromatic ring is 1. The number of ketones is 1. The van der Waals surface area contributed by atoms with Crippen LogP contribution in [0.2, 0.25) is 0 Å². The van der Waals surface area contributed by atoms with Crippen LogP contribution in [0.3, 0.4) is 0 Å². The smallest absolute Gasteiger partial charge is 0.162 e. The Morgan fingerprint density at radius 2 is 2.13 bits per heavy atom. The van der Waals surface area contributed by atoms with Crippen LogP contribution < -0.4 is 10.0 Å². The van der Waals surface area contributed by atoms with E-state index in [1.54, 1.807) is 6.07 Å². The van der Waals surface area contributed by atoms with E-state index in [2.05, 4.69) is 20.8 Å². The van der Waals surface area contributed by atoms with Gasteiger partial charge < -0.3 is 5.73 Å².